The van der Waals surface area contributed by atoms with Crippen molar-refractivity contribution in [1.82, 2.24) is 4.90 Å². The second-order valence-corrected chi connectivity index (χ2v) is 7.11. The van der Waals surface area contributed by atoms with E-state index in [0.29, 0.717) is 23.0 Å². The molecule has 5 nitrogen and oxygen atoms in total. The minimum absolute atomic E-state index is 0.110. The number of rotatable bonds is 6. The third-order valence-electron chi connectivity index (χ3n) is 3.72. The molecule has 2 rings (SSSR count). The predicted octanol–water partition coefficient (Wildman–Crippen LogP) is 4.69. The maximum absolute atomic E-state index is 12.5. The van der Waals surface area contributed by atoms with E-state index in [2.05, 4.69) is 15.9 Å². The van der Waals surface area contributed by atoms with E-state index in [4.69, 9.17) is 9.47 Å². The second-order valence-electron chi connectivity index (χ2n) is 5.27. The molecule has 1 atom stereocenters. The summed E-state index contributed by atoms with van der Waals surface area (Å²) < 4.78 is 11.6. The number of hydrogen-bond donors (Lipinski definition) is 0. The fraction of sp³-hybridized carbons (Fsp3) is 0.412. The molecule has 0 aliphatic carbocycles. The van der Waals surface area contributed by atoms with E-state index in [0.717, 1.165) is 28.2 Å². The monoisotopic (exact) mass is 413 g/mol. The Morgan fingerprint density at radius 2 is 2.00 bits per heavy atom. The Morgan fingerprint density at radius 3 is 2.58 bits per heavy atom. The molecule has 1 aliphatic heterocycles. The van der Waals surface area contributed by atoms with Gasteiger partial charge in [-0.15, -0.1) is 0 Å². The summed E-state index contributed by atoms with van der Waals surface area (Å²) in [6, 6.07) is 3.47. The van der Waals surface area contributed by atoms with Gasteiger partial charge in [-0.1, -0.05) is 22.9 Å². The highest BCUT2D eigenvalue weighted by Crippen LogP contribution is 2.38. The maximum Gasteiger partial charge on any atom is 0.293 e. The average Bonchev–Trinajstić information content (AvgIpc) is 2.83. The topological polar surface area (TPSA) is 55.8 Å². The van der Waals surface area contributed by atoms with Gasteiger partial charge in [-0.25, -0.2) is 0 Å². The van der Waals surface area contributed by atoms with Crippen molar-refractivity contribution in [1.29, 1.82) is 0 Å². The number of hydrogen-bond acceptors (Lipinski definition) is 5. The normalized spacial score (nSPS) is 17.5. The van der Waals surface area contributed by atoms with Crippen LogP contribution in [0.15, 0.2) is 21.5 Å². The van der Waals surface area contributed by atoms with Crippen LogP contribution in [0.25, 0.3) is 6.08 Å². The van der Waals surface area contributed by atoms with Crippen LogP contribution in [0.5, 0.6) is 11.5 Å². The zero-order chi connectivity index (χ0) is 17.9. The van der Waals surface area contributed by atoms with Crippen LogP contribution in [0.1, 0.15) is 32.8 Å². The minimum Gasteiger partial charge on any atom is -0.493 e. The van der Waals surface area contributed by atoms with Gasteiger partial charge in [0.05, 0.1) is 18.6 Å². The Balaban J connectivity index is 2.38. The van der Waals surface area contributed by atoms with Crippen LogP contribution < -0.4 is 9.47 Å². The maximum atomic E-state index is 12.5. The summed E-state index contributed by atoms with van der Waals surface area (Å²) in [4.78, 5) is 26.3. The Bertz CT molecular complexity index is 689. The summed E-state index contributed by atoms with van der Waals surface area (Å²) in [5, 5.41) is -0.227. The lowest BCUT2D eigenvalue weighted by Crippen LogP contribution is -2.36. The number of nitrogens with zero attached hydrogens (tertiary/aromatic N) is 1. The fourth-order valence-corrected chi connectivity index (χ4v) is 3.63. The van der Waals surface area contributed by atoms with Gasteiger partial charge in [-0.05, 0) is 55.8 Å². The smallest absolute Gasteiger partial charge is 0.293 e. The molecule has 24 heavy (non-hydrogen) atoms. The molecule has 2 amide bonds. The predicted molar refractivity (Wildman–Crippen MR) is 99.4 cm³/mol. The van der Waals surface area contributed by atoms with Crippen LogP contribution in [0.2, 0.25) is 0 Å². The van der Waals surface area contributed by atoms with Crippen molar-refractivity contribution < 1.29 is 19.1 Å². The van der Waals surface area contributed by atoms with Crippen LogP contribution >= 0.6 is 27.7 Å². The van der Waals surface area contributed by atoms with E-state index in [-0.39, 0.29) is 17.2 Å². The van der Waals surface area contributed by atoms with Gasteiger partial charge in [0.2, 0.25) is 0 Å². The van der Waals surface area contributed by atoms with E-state index in [1.54, 1.807) is 25.3 Å². The van der Waals surface area contributed by atoms with Crippen molar-refractivity contribution in [2.24, 2.45) is 0 Å². The molecule has 1 saturated heterocycles. The summed E-state index contributed by atoms with van der Waals surface area (Å²) in [6.45, 7) is 6.24. The van der Waals surface area contributed by atoms with Gasteiger partial charge in [0.25, 0.3) is 11.1 Å². The molecule has 0 saturated carbocycles. The van der Waals surface area contributed by atoms with Crippen molar-refractivity contribution in [3.8, 4) is 11.5 Å². The number of methoxy groups -OCH3 is 1. The van der Waals surface area contributed by atoms with Gasteiger partial charge in [0.1, 0.15) is 0 Å². The highest BCUT2D eigenvalue weighted by molar-refractivity contribution is 9.10. The molecule has 1 aromatic carbocycles. The first kappa shape index (κ1) is 18.9. The second kappa shape index (κ2) is 8.07. The molecule has 7 heteroatoms. The largest absolute Gasteiger partial charge is 0.493 e. The highest BCUT2D eigenvalue weighted by Gasteiger charge is 2.37. The van der Waals surface area contributed by atoms with Crippen LogP contribution in [0.3, 0.4) is 0 Å². The van der Waals surface area contributed by atoms with Crippen molar-refractivity contribution in [2.75, 3.05) is 13.7 Å². The van der Waals surface area contributed by atoms with Crippen molar-refractivity contribution in [3.63, 3.8) is 0 Å². The van der Waals surface area contributed by atoms with Crippen molar-refractivity contribution in [3.05, 3.63) is 27.1 Å². The molecule has 1 heterocycles. The molecule has 1 aliphatic rings. The fourth-order valence-electron chi connectivity index (χ4n) is 2.27. The standard InChI is InChI=1S/C17H20BrNO4S/c1-5-10(3)19-16(20)15(24-17(19)21)8-11-7-13(22-4)14(23-6-2)9-12(11)18/h7-10H,5-6H2,1-4H3/b15-8-/t10-/m0/s1. The number of thioether (sulfide) groups is 1. The number of benzene rings is 1. The molecular formula is C17H20BrNO4S. The van der Waals surface area contributed by atoms with Crippen molar-refractivity contribution >= 4 is 44.9 Å². The molecule has 0 unspecified atom stereocenters. The Hall–Kier alpha value is -1.47. The molecule has 0 bridgehead atoms. The van der Waals surface area contributed by atoms with E-state index >= 15 is 0 Å². The number of carbonyl (C=O) groups is 2. The Kier molecular flexibility index (Phi) is 6.34. The van der Waals surface area contributed by atoms with Gasteiger partial charge in [-0.2, -0.15) is 0 Å². The molecule has 0 radical (unpaired) electrons. The SMILES string of the molecule is CCOc1cc(Br)c(/C=C2\SC(=O)N([C@@H](C)CC)C2=O)cc1OC. The summed E-state index contributed by atoms with van der Waals surface area (Å²) in [6.07, 6.45) is 2.43. The number of carbonyl (C=O) groups excluding carboxylic acids is 2. The zero-order valence-corrected chi connectivity index (χ0v) is 16.5. The summed E-state index contributed by atoms with van der Waals surface area (Å²) in [5.74, 6) is 0.947. The van der Waals surface area contributed by atoms with Gasteiger partial charge in [0, 0.05) is 10.5 Å². The quantitative estimate of drug-likeness (QED) is 0.632. The molecule has 130 valence electrons. The first-order valence-electron chi connectivity index (χ1n) is 7.70. The number of imide groups is 1. The van der Waals surface area contributed by atoms with Gasteiger partial charge < -0.3 is 9.47 Å². The van der Waals surface area contributed by atoms with Crippen LogP contribution in [0, 0.1) is 0 Å². The Morgan fingerprint density at radius 1 is 1.29 bits per heavy atom. The minimum atomic E-state index is -0.251. The highest BCUT2D eigenvalue weighted by atomic mass is 79.9. The lowest BCUT2D eigenvalue weighted by molar-refractivity contribution is -0.124. The van der Waals surface area contributed by atoms with E-state index < -0.39 is 0 Å². The lowest BCUT2D eigenvalue weighted by Gasteiger charge is -2.19. The van der Waals surface area contributed by atoms with Gasteiger partial charge in [0.15, 0.2) is 11.5 Å². The third-order valence-corrected chi connectivity index (χ3v) is 5.29. The Labute approximate surface area is 154 Å². The van der Waals surface area contributed by atoms with Gasteiger partial charge in [-0.3, -0.25) is 14.5 Å². The first-order valence-corrected chi connectivity index (χ1v) is 9.31. The molecule has 1 aromatic rings. The van der Waals surface area contributed by atoms with E-state index in [1.165, 1.54) is 4.90 Å². The third kappa shape index (κ3) is 3.78. The number of ether oxygens (including phenoxy) is 2. The van der Waals surface area contributed by atoms with E-state index in [9.17, 15) is 9.59 Å². The number of amides is 2. The average molecular weight is 414 g/mol. The zero-order valence-electron chi connectivity index (χ0n) is 14.1. The molecule has 0 spiro atoms. The molecular weight excluding hydrogens is 394 g/mol. The van der Waals surface area contributed by atoms with E-state index in [1.807, 2.05) is 20.8 Å². The first-order chi connectivity index (χ1) is 11.4. The number of halogens is 1. The summed E-state index contributed by atoms with van der Waals surface area (Å²) in [7, 11) is 1.56. The lowest BCUT2D eigenvalue weighted by atomic mass is 10.1. The van der Waals surface area contributed by atoms with Crippen molar-refractivity contribution in [2.45, 2.75) is 33.2 Å². The van der Waals surface area contributed by atoms with Crippen LogP contribution in [-0.2, 0) is 4.79 Å². The molecule has 1 fully saturated rings. The molecule has 0 aromatic heterocycles. The summed E-state index contributed by atoms with van der Waals surface area (Å²) >= 11 is 4.44. The van der Waals surface area contributed by atoms with Gasteiger partial charge >= 0.3 is 0 Å². The summed E-state index contributed by atoms with van der Waals surface area (Å²) in [5.41, 5.74) is 0.755. The van der Waals surface area contributed by atoms with Crippen LogP contribution in [0.4, 0.5) is 4.79 Å². The molecule has 0 N–H and O–H groups in total. The van der Waals surface area contributed by atoms with Crippen LogP contribution in [-0.4, -0.2) is 35.8 Å².